The number of ether oxygens (including phenoxy) is 2. The third kappa shape index (κ3) is 12.1. The molecule has 4 rings (SSSR count). The number of rotatable bonds is 18. The van der Waals surface area contributed by atoms with Crippen LogP contribution in [0.2, 0.25) is 0 Å². The van der Waals surface area contributed by atoms with Gasteiger partial charge in [0.15, 0.2) is 0 Å². The zero-order valence-corrected chi connectivity index (χ0v) is 27.8. The predicted octanol–water partition coefficient (Wildman–Crippen LogP) is 11.9. The summed E-state index contributed by atoms with van der Waals surface area (Å²) in [6.07, 6.45) is 14.8. The summed E-state index contributed by atoms with van der Waals surface area (Å²) in [5.74, 6) is 1.39. The van der Waals surface area contributed by atoms with Crippen molar-refractivity contribution in [3.63, 3.8) is 0 Å². The van der Waals surface area contributed by atoms with Crippen LogP contribution >= 0.6 is 0 Å². The highest BCUT2D eigenvalue weighted by molar-refractivity contribution is 5.74. The van der Waals surface area contributed by atoms with Crippen molar-refractivity contribution in [2.75, 3.05) is 13.2 Å². The molecule has 0 amide bonds. The van der Waals surface area contributed by atoms with Crippen LogP contribution in [0.15, 0.2) is 97.1 Å². The molecule has 0 atom stereocenters. The molecule has 4 heteroatoms. The van der Waals surface area contributed by atoms with Gasteiger partial charge in [-0.05, 0) is 36.1 Å². The van der Waals surface area contributed by atoms with Crippen LogP contribution in [0.4, 0.5) is 0 Å². The Morgan fingerprint density at radius 1 is 0.435 bits per heavy atom. The molecule has 0 N–H and O–H groups in total. The molecule has 240 valence electrons. The van der Waals surface area contributed by atoms with Crippen LogP contribution in [-0.4, -0.2) is 13.2 Å². The minimum Gasteiger partial charge on any atom is -0.492 e. The summed E-state index contributed by atoms with van der Waals surface area (Å²) in [6.45, 7) is 5.82. The van der Waals surface area contributed by atoms with E-state index in [0.29, 0.717) is 35.8 Å². The Bertz CT molecular complexity index is 1370. The smallest absolute Gasteiger partial charge is 0.137 e. The highest BCUT2D eigenvalue weighted by Gasteiger charge is 2.12. The van der Waals surface area contributed by atoms with Crippen molar-refractivity contribution in [3.05, 3.63) is 108 Å². The summed E-state index contributed by atoms with van der Waals surface area (Å²) in [4.78, 5) is 0. The second-order valence-electron chi connectivity index (χ2n) is 11.5. The van der Waals surface area contributed by atoms with Crippen LogP contribution in [0.25, 0.3) is 22.3 Å². The summed E-state index contributed by atoms with van der Waals surface area (Å²) < 4.78 is 11.7. The van der Waals surface area contributed by atoms with Crippen LogP contribution in [0, 0.1) is 22.7 Å². The second-order valence-corrected chi connectivity index (χ2v) is 11.5. The Hall–Kier alpha value is -4.54. The third-order valence-corrected chi connectivity index (χ3v) is 7.96. The molecular weight excluding hydrogens is 564 g/mol. The van der Waals surface area contributed by atoms with E-state index in [1.807, 2.05) is 97.1 Å². The fraction of sp³-hybridized carbons (Fsp3) is 0.381. The molecule has 0 aliphatic carbocycles. The van der Waals surface area contributed by atoms with Crippen LogP contribution in [0.5, 0.6) is 11.5 Å². The first-order valence-corrected chi connectivity index (χ1v) is 17.2. The number of hydrogen-bond acceptors (Lipinski definition) is 4. The molecule has 4 aromatic carbocycles. The standard InChI is InChI=1S/2C21H25NO/c2*1-2-3-4-5-6-10-16-23-21-15-11-14-19(20(21)17-22)18-12-8-7-9-13-18/h2*7-9,11-15H,2-6,10,16H2,1H3. The molecule has 0 unspecified atom stereocenters. The number of nitriles is 2. The quantitative estimate of drug-likeness (QED) is 0.105. The van der Waals surface area contributed by atoms with E-state index >= 15 is 0 Å². The SMILES string of the molecule is CCCCCCCCOc1cccc(-c2ccccc2)c1C#N.CCCCCCCCOc1cccc(-c2ccccc2)c1C#N. The van der Waals surface area contributed by atoms with Crippen LogP contribution < -0.4 is 9.47 Å². The number of nitrogens with zero attached hydrogens (tertiary/aromatic N) is 2. The monoisotopic (exact) mass is 614 g/mol. The van der Waals surface area contributed by atoms with Gasteiger partial charge in [-0.2, -0.15) is 10.5 Å². The molecule has 0 spiro atoms. The first-order chi connectivity index (χ1) is 22.7. The first kappa shape index (κ1) is 35.9. The summed E-state index contributed by atoms with van der Waals surface area (Å²) in [5, 5.41) is 19.1. The van der Waals surface area contributed by atoms with E-state index in [1.165, 1.54) is 64.2 Å². The van der Waals surface area contributed by atoms with Crippen LogP contribution in [0.1, 0.15) is 102 Å². The average molecular weight is 615 g/mol. The normalized spacial score (nSPS) is 10.3. The van der Waals surface area contributed by atoms with Gasteiger partial charge in [-0.15, -0.1) is 0 Å². The number of hydrogen-bond donors (Lipinski definition) is 0. The molecule has 0 aromatic heterocycles. The van der Waals surface area contributed by atoms with E-state index in [-0.39, 0.29) is 0 Å². The molecule has 0 aliphatic rings. The molecule has 0 saturated heterocycles. The molecule has 0 bridgehead atoms. The maximum absolute atomic E-state index is 9.53. The molecule has 0 radical (unpaired) electrons. The lowest BCUT2D eigenvalue weighted by Gasteiger charge is -2.11. The Morgan fingerprint density at radius 3 is 1.17 bits per heavy atom. The van der Waals surface area contributed by atoms with Crippen molar-refractivity contribution in [3.8, 4) is 45.9 Å². The van der Waals surface area contributed by atoms with E-state index in [1.54, 1.807) is 0 Å². The maximum Gasteiger partial charge on any atom is 0.137 e. The van der Waals surface area contributed by atoms with E-state index in [0.717, 1.165) is 35.1 Å². The zero-order chi connectivity index (χ0) is 32.7. The summed E-state index contributed by atoms with van der Waals surface area (Å²) in [7, 11) is 0. The van der Waals surface area contributed by atoms with E-state index in [2.05, 4.69) is 26.0 Å². The van der Waals surface area contributed by atoms with Crippen molar-refractivity contribution in [2.45, 2.75) is 90.9 Å². The second kappa shape index (κ2) is 22.0. The minimum absolute atomic E-state index is 0.629. The van der Waals surface area contributed by atoms with Gasteiger partial charge < -0.3 is 9.47 Å². The summed E-state index contributed by atoms with van der Waals surface area (Å²) >= 11 is 0. The van der Waals surface area contributed by atoms with Crippen molar-refractivity contribution in [1.29, 1.82) is 10.5 Å². The van der Waals surface area contributed by atoms with Gasteiger partial charge in [-0.3, -0.25) is 0 Å². The largest absolute Gasteiger partial charge is 0.492 e. The average Bonchev–Trinajstić information content (AvgIpc) is 3.11. The minimum atomic E-state index is 0.629. The number of benzene rings is 4. The Morgan fingerprint density at radius 2 is 0.804 bits per heavy atom. The van der Waals surface area contributed by atoms with Crippen LogP contribution in [-0.2, 0) is 0 Å². The van der Waals surface area contributed by atoms with Gasteiger partial charge in [0, 0.05) is 11.1 Å². The number of unbranched alkanes of at least 4 members (excludes halogenated alkanes) is 10. The van der Waals surface area contributed by atoms with Gasteiger partial charge in [0.2, 0.25) is 0 Å². The Kier molecular flexibility index (Phi) is 17.2. The highest BCUT2D eigenvalue weighted by Crippen LogP contribution is 2.31. The highest BCUT2D eigenvalue weighted by atomic mass is 16.5. The van der Waals surface area contributed by atoms with Crippen molar-refractivity contribution in [1.82, 2.24) is 0 Å². The fourth-order valence-electron chi connectivity index (χ4n) is 5.38. The van der Waals surface area contributed by atoms with Gasteiger partial charge in [0.25, 0.3) is 0 Å². The topological polar surface area (TPSA) is 66.0 Å². The zero-order valence-electron chi connectivity index (χ0n) is 27.8. The summed E-state index contributed by atoms with van der Waals surface area (Å²) in [5.41, 5.74) is 5.24. The van der Waals surface area contributed by atoms with Gasteiger partial charge >= 0.3 is 0 Å². The van der Waals surface area contributed by atoms with E-state index in [4.69, 9.17) is 9.47 Å². The fourth-order valence-corrected chi connectivity index (χ4v) is 5.38. The van der Waals surface area contributed by atoms with Gasteiger partial charge in [-0.25, -0.2) is 0 Å². The Labute approximate surface area is 277 Å². The first-order valence-electron chi connectivity index (χ1n) is 17.2. The lowest BCUT2D eigenvalue weighted by atomic mass is 10.00. The third-order valence-electron chi connectivity index (χ3n) is 7.96. The summed E-state index contributed by atoms with van der Waals surface area (Å²) in [6, 6.07) is 36.3. The van der Waals surface area contributed by atoms with E-state index in [9.17, 15) is 10.5 Å². The molecule has 4 aromatic rings. The van der Waals surface area contributed by atoms with Gasteiger partial charge in [0.1, 0.15) is 34.8 Å². The van der Waals surface area contributed by atoms with Gasteiger partial charge in [-0.1, -0.05) is 163 Å². The lowest BCUT2D eigenvalue weighted by Crippen LogP contribution is -2.00. The predicted molar refractivity (Wildman–Crippen MR) is 191 cm³/mol. The van der Waals surface area contributed by atoms with Crippen molar-refractivity contribution < 1.29 is 9.47 Å². The van der Waals surface area contributed by atoms with Crippen LogP contribution in [0.3, 0.4) is 0 Å². The molecular formula is C42H50N2O2. The van der Waals surface area contributed by atoms with Gasteiger partial charge in [0.05, 0.1) is 13.2 Å². The molecule has 0 fully saturated rings. The van der Waals surface area contributed by atoms with Crippen molar-refractivity contribution >= 4 is 0 Å². The molecule has 4 nitrogen and oxygen atoms in total. The molecule has 46 heavy (non-hydrogen) atoms. The molecule has 0 saturated carbocycles. The molecule has 0 heterocycles. The maximum atomic E-state index is 9.53. The molecule has 0 aliphatic heterocycles. The van der Waals surface area contributed by atoms with E-state index < -0.39 is 0 Å². The Balaban J connectivity index is 0.000000250. The lowest BCUT2D eigenvalue weighted by molar-refractivity contribution is 0.303. The van der Waals surface area contributed by atoms with Crippen molar-refractivity contribution in [2.24, 2.45) is 0 Å².